The number of rotatable bonds is 7. The molecule has 0 spiro atoms. The molecule has 2 rings (SSSR count). The van der Waals surface area contributed by atoms with E-state index in [0.717, 1.165) is 30.4 Å². The highest BCUT2D eigenvalue weighted by atomic mass is 16.5. The van der Waals surface area contributed by atoms with Gasteiger partial charge in [-0.25, -0.2) is 0 Å². The molecule has 1 heterocycles. The number of aryl methyl sites for hydroxylation is 1. The molecule has 0 saturated carbocycles. The van der Waals surface area contributed by atoms with Gasteiger partial charge < -0.3 is 25.2 Å². The maximum Gasteiger partial charge on any atom is 0.113 e. The molecule has 5 heteroatoms. The number of hydrogen-bond acceptors (Lipinski definition) is 5. The average Bonchev–Trinajstić information content (AvgIpc) is 2.58. The van der Waals surface area contributed by atoms with Crippen LogP contribution < -0.4 is 0 Å². The molecule has 1 fully saturated rings. The third kappa shape index (κ3) is 4.31. The number of aliphatic hydroxyl groups is 4. The van der Waals surface area contributed by atoms with Gasteiger partial charge in [0.1, 0.15) is 30.5 Å². The Balaban J connectivity index is 2.16. The largest absolute Gasteiger partial charge is 0.394 e. The maximum atomic E-state index is 10.3. The number of benzene rings is 1. The van der Waals surface area contributed by atoms with Crippen molar-refractivity contribution < 1.29 is 25.2 Å². The fraction of sp³-hybridized carbons (Fsp3) is 0.667. The van der Waals surface area contributed by atoms with Crippen LogP contribution in [0.4, 0.5) is 0 Å². The van der Waals surface area contributed by atoms with Gasteiger partial charge in [-0.05, 0) is 24.0 Å². The zero-order valence-corrected chi connectivity index (χ0v) is 13.6. The monoisotopic (exact) mass is 324 g/mol. The summed E-state index contributed by atoms with van der Waals surface area (Å²) in [6, 6.07) is 7.69. The molecule has 23 heavy (non-hydrogen) atoms. The summed E-state index contributed by atoms with van der Waals surface area (Å²) in [5.74, 6) is 0. The van der Waals surface area contributed by atoms with Crippen LogP contribution in [0.1, 0.15) is 49.8 Å². The van der Waals surface area contributed by atoms with Gasteiger partial charge in [0, 0.05) is 0 Å². The molecule has 5 nitrogen and oxygen atoms in total. The van der Waals surface area contributed by atoms with E-state index < -0.39 is 37.1 Å². The lowest BCUT2D eigenvalue weighted by Gasteiger charge is -2.40. The fourth-order valence-corrected chi connectivity index (χ4v) is 3.14. The van der Waals surface area contributed by atoms with Crippen molar-refractivity contribution in [3.63, 3.8) is 0 Å². The highest BCUT2D eigenvalue weighted by Crippen LogP contribution is 2.34. The summed E-state index contributed by atoms with van der Waals surface area (Å²) in [5, 5.41) is 39.5. The first-order valence-electron chi connectivity index (χ1n) is 8.48. The Hall–Kier alpha value is -0.980. The Morgan fingerprint density at radius 2 is 1.70 bits per heavy atom. The standard InChI is InChI=1S/C18H28O5/c1-2-3-4-5-8-12-9-6-7-10-13(12)18-17(22)16(21)15(20)14(11-19)23-18/h6-7,9-10,14-22H,2-5,8,11H2,1H3/t14-,15+,16+,17-,18?/m1/s1. The quantitative estimate of drug-likeness (QED) is 0.568. The molecule has 0 aliphatic carbocycles. The van der Waals surface area contributed by atoms with Crippen molar-refractivity contribution in [1.82, 2.24) is 0 Å². The van der Waals surface area contributed by atoms with Crippen LogP contribution in [-0.4, -0.2) is 51.4 Å². The third-order valence-electron chi connectivity index (χ3n) is 4.55. The minimum Gasteiger partial charge on any atom is -0.394 e. The summed E-state index contributed by atoms with van der Waals surface area (Å²) < 4.78 is 5.67. The predicted molar refractivity (Wildman–Crippen MR) is 87.0 cm³/mol. The Morgan fingerprint density at radius 3 is 2.39 bits per heavy atom. The molecule has 5 atom stereocenters. The van der Waals surface area contributed by atoms with Crippen LogP contribution in [0, 0.1) is 0 Å². The van der Waals surface area contributed by atoms with Crippen molar-refractivity contribution in [3.05, 3.63) is 35.4 Å². The Kier molecular flexibility index (Phi) is 6.99. The van der Waals surface area contributed by atoms with Crippen LogP contribution in [0.3, 0.4) is 0 Å². The first-order chi connectivity index (χ1) is 11.1. The lowest BCUT2D eigenvalue weighted by molar-refractivity contribution is -0.231. The molecule has 0 radical (unpaired) electrons. The molecular weight excluding hydrogens is 296 g/mol. The van der Waals surface area contributed by atoms with Crippen molar-refractivity contribution in [3.8, 4) is 0 Å². The van der Waals surface area contributed by atoms with Gasteiger partial charge in [-0.1, -0.05) is 50.5 Å². The molecule has 1 aromatic rings. The molecular formula is C18H28O5. The van der Waals surface area contributed by atoms with E-state index in [1.54, 1.807) is 0 Å². The van der Waals surface area contributed by atoms with E-state index in [-0.39, 0.29) is 0 Å². The summed E-state index contributed by atoms with van der Waals surface area (Å²) >= 11 is 0. The molecule has 130 valence electrons. The molecule has 1 saturated heterocycles. The first-order valence-corrected chi connectivity index (χ1v) is 8.48. The second kappa shape index (κ2) is 8.76. The van der Waals surface area contributed by atoms with Crippen LogP contribution in [0.5, 0.6) is 0 Å². The van der Waals surface area contributed by atoms with E-state index in [2.05, 4.69) is 6.92 Å². The summed E-state index contributed by atoms with van der Waals surface area (Å²) in [4.78, 5) is 0. The van der Waals surface area contributed by atoms with Crippen LogP contribution in [-0.2, 0) is 11.2 Å². The number of hydrogen-bond donors (Lipinski definition) is 4. The SMILES string of the molecule is CCCCCCc1ccccc1C1O[C@H](CO)[C@H](O)[C@H](O)[C@H]1O. The van der Waals surface area contributed by atoms with Gasteiger partial charge in [0.05, 0.1) is 6.61 Å². The lowest BCUT2D eigenvalue weighted by atomic mass is 9.88. The predicted octanol–water partition coefficient (Wildman–Crippen LogP) is 1.32. The van der Waals surface area contributed by atoms with E-state index >= 15 is 0 Å². The van der Waals surface area contributed by atoms with Crippen LogP contribution >= 0.6 is 0 Å². The van der Waals surface area contributed by atoms with Crippen molar-refractivity contribution in [2.75, 3.05) is 6.61 Å². The second-order valence-electron chi connectivity index (χ2n) is 6.26. The summed E-state index contributed by atoms with van der Waals surface area (Å²) in [7, 11) is 0. The number of ether oxygens (including phenoxy) is 1. The van der Waals surface area contributed by atoms with E-state index in [1.807, 2.05) is 24.3 Å². The third-order valence-corrected chi connectivity index (χ3v) is 4.55. The Labute approximate surface area is 137 Å². The normalized spacial score (nSPS) is 31.3. The lowest BCUT2D eigenvalue weighted by Crippen LogP contribution is -2.55. The molecule has 4 N–H and O–H groups in total. The molecule has 1 unspecified atom stereocenters. The molecule has 0 amide bonds. The summed E-state index contributed by atoms with van der Waals surface area (Å²) in [6.45, 7) is 1.77. The van der Waals surface area contributed by atoms with Gasteiger partial charge in [-0.2, -0.15) is 0 Å². The summed E-state index contributed by atoms with van der Waals surface area (Å²) in [6.07, 6.45) is -0.0186. The van der Waals surface area contributed by atoms with Crippen LogP contribution in [0.15, 0.2) is 24.3 Å². The summed E-state index contributed by atoms with van der Waals surface area (Å²) in [5.41, 5.74) is 1.90. The first kappa shape index (κ1) is 18.4. The molecule has 1 aliphatic heterocycles. The minimum atomic E-state index is -1.33. The minimum absolute atomic E-state index is 0.403. The average molecular weight is 324 g/mol. The Bertz CT molecular complexity index is 476. The second-order valence-corrected chi connectivity index (χ2v) is 6.26. The van der Waals surface area contributed by atoms with Crippen molar-refractivity contribution in [2.24, 2.45) is 0 Å². The van der Waals surface area contributed by atoms with E-state index in [1.165, 1.54) is 12.8 Å². The van der Waals surface area contributed by atoms with Crippen LogP contribution in [0.2, 0.25) is 0 Å². The topological polar surface area (TPSA) is 90.2 Å². The molecule has 1 aromatic carbocycles. The van der Waals surface area contributed by atoms with Crippen molar-refractivity contribution >= 4 is 0 Å². The van der Waals surface area contributed by atoms with Gasteiger partial charge in [0.15, 0.2) is 0 Å². The Morgan fingerprint density at radius 1 is 0.957 bits per heavy atom. The van der Waals surface area contributed by atoms with Gasteiger partial charge in [-0.3, -0.25) is 0 Å². The van der Waals surface area contributed by atoms with E-state index in [4.69, 9.17) is 4.74 Å². The molecule has 0 aromatic heterocycles. The zero-order valence-electron chi connectivity index (χ0n) is 13.6. The highest BCUT2D eigenvalue weighted by molar-refractivity contribution is 5.31. The van der Waals surface area contributed by atoms with Crippen molar-refractivity contribution in [2.45, 2.75) is 69.5 Å². The van der Waals surface area contributed by atoms with Gasteiger partial charge in [0.25, 0.3) is 0 Å². The number of aliphatic hydroxyl groups excluding tert-OH is 4. The van der Waals surface area contributed by atoms with E-state index in [9.17, 15) is 20.4 Å². The smallest absolute Gasteiger partial charge is 0.113 e. The van der Waals surface area contributed by atoms with Gasteiger partial charge in [-0.15, -0.1) is 0 Å². The van der Waals surface area contributed by atoms with Crippen LogP contribution in [0.25, 0.3) is 0 Å². The fourth-order valence-electron chi connectivity index (χ4n) is 3.14. The van der Waals surface area contributed by atoms with Crippen molar-refractivity contribution in [1.29, 1.82) is 0 Å². The van der Waals surface area contributed by atoms with Gasteiger partial charge in [0.2, 0.25) is 0 Å². The zero-order chi connectivity index (χ0) is 16.8. The number of unbranched alkanes of at least 4 members (excludes halogenated alkanes) is 3. The highest BCUT2D eigenvalue weighted by Gasteiger charge is 2.44. The van der Waals surface area contributed by atoms with E-state index in [0.29, 0.717) is 0 Å². The molecule has 0 bridgehead atoms. The van der Waals surface area contributed by atoms with Gasteiger partial charge >= 0.3 is 0 Å². The maximum absolute atomic E-state index is 10.3. The molecule has 1 aliphatic rings.